The van der Waals surface area contributed by atoms with Crippen molar-refractivity contribution in [3.05, 3.63) is 59.7 Å². The molecule has 7 heteroatoms. The molecule has 0 N–H and O–H groups in total. The number of hydrogen-bond donors (Lipinski definition) is 0. The van der Waals surface area contributed by atoms with Gasteiger partial charge in [0.25, 0.3) is 5.89 Å². The summed E-state index contributed by atoms with van der Waals surface area (Å²) >= 11 is 0. The number of aromatic nitrogens is 2. The number of halogens is 1. The van der Waals surface area contributed by atoms with Crippen molar-refractivity contribution in [2.24, 2.45) is 0 Å². The fourth-order valence-electron chi connectivity index (χ4n) is 2.13. The first-order chi connectivity index (χ1) is 12.2. The summed E-state index contributed by atoms with van der Waals surface area (Å²) < 4.78 is 29.2. The second-order valence-corrected chi connectivity index (χ2v) is 5.01. The van der Waals surface area contributed by atoms with Crippen LogP contribution < -0.4 is 9.47 Å². The molecule has 126 valence electrons. The Balaban J connectivity index is 1.72. The van der Waals surface area contributed by atoms with E-state index in [2.05, 4.69) is 10.1 Å². The minimum Gasteiger partial charge on any atom is -0.490 e. The summed E-state index contributed by atoms with van der Waals surface area (Å²) in [7, 11) is 0. The van der Waals surface area contributed by atoms with Gasteiger partial charge in [-0.05, 0) is 43.3 Å². The molecule has 1 heterocycles. The average molecular weight is 339 g/mol. The molecule has 3 rings (SSSR count). The van der Waals surface area contributed by atoms with Gasteiger partial charge >= 0.3 is 0 Å². The van der Waals surface area contributed by atoms with Crippen molar-refractivity contribution in [1.29, 1.82) is 5.26 Å². The molecule has 0 unspecified atom stereocenters. The number of nitriles is 1. The van der Waals surface area contributed by atoms with Crippen LogP contribution in [0.15, 0.2) is 47.0 Å². The van der Waals surface area contributed by atoms with E-state index < -0.39 is 0 Å². The van der Waals surface area contributed by atoms with E-state index in [1.54, 1.807) is 30.3 Å². The standard InChI is InChI=1S/C18H14FN3O3/c1-2-23-16-9-12(10-20)3-8-15(16)24-11-17-21-18(22-25-17)13-4-6-14(19)7-5-13/h3-9H,2,11H2,1H3. The Morgan fingerprint density at radius 3 is 2.64 bits per heavy atom. The van der Waals surface area contributed by atoms with Gasteiger partial charge in [0.05, 0.1) is 18.2 Å². The predicted molar refractivity (Wildman–Crippen MR) is 86.4 cm³/mol. The Morgan fingerprint density at radius 2 is 1.92 bits per heavy atom. The lowest BCUT2D eigenvalue weighted by Crippen LogP contribution is -2.00. The van der Waals surface area contributed by atoms with Crippen LogP contribution in [-0.2, 0) is 6.61 Å². The molecule has 0 radical (unpaired) electrons. The van der Waals surface area contributed by atoms with Crippen molar-refractivity contribution < 1.29 is 18.4 Å². The largest absolute Gasteiger partial charge is 0.490 e. The van der Waals surface area contributed by atoms with Gasteiger partial charge in [0, 0.05) is 11.6 Å². The predicted octanol–water partition coefficient (Wildman–Crippen LogP) is 3.73. The zero-order valence-electron chi connectivity index (χ0n) is 13.4. The molecule has 0 aliphatic rings. The van der Waals surface area contributed by atoms with Gasteiger partial charge in [-0.1, -0.05) is 5.16 Å². The summed E-state index contributed by atoms with van der Waals surface area (Å²) in [6, 6.07) is 12.7. The van der Waals surface area contributed by atoms with Crippen LogP contribution in [0.1, 0.15) is 18.4 Å². The van der Waals surface area contributed by atoms with Crippen molar-refractivity contribution in [3.8, 4) is 29.0 Å². The Kier molecular flexibility index (Phi) is 4.90. The van der Waals surface area contributed by atoms with Crippen LogP contribution in [-0.4, -0.2) is 16.7 Å². The minimum absolute atomic E-state index is 0.0418. The van der Waals surface area contributed by atoms with Crippen molar-refractivity contribution >= 4 is 0 Å². The fraction of sp³-hybridized carbons (Fsp3) is 0.167. The van der Waals surface area contributed by atoms with E-state index in [0.717, 1.165) is 0 Å². The highest BCUT2D eigenvalue weighted by Gasteiger charge is 2.12. The molecular weight excluding hydrogens is 325 g/mol. The molecule has 25 heavy (non-hydrogen) atoms. The monoisotopic (exact) mass is 339 g/mol. The van der Waals surface area contributed by atoms with Gasteiger partial charge in [0.1, 0.15) is 5.82 Å². The van der Waals surface area contributed by atoms with Gasteiger partial charge in [-0.15, -0.1) is 0 Å². The Morgan fingerprint density at radius 1 is 1.12 bits per heavy atom. The summed E-state index contributed by atoms with van der Waals surface area (Å²) in [5, 5.41) is 12.8. The minimum atomic E-state index is -0.333. The lowest BCUT2D eigenvalue weighted by molar-refractivity contribution is 0.228. The van der Waals surface area contributed by atoms with E-state index in [9.17, 15) is 4.39 Å². The molecule has 0 spiro atoms. The van der Waals surface area contributed by atoms with Gasteiger partial charge in [-0.2, -0.15) is 10.2 Å². The van der Waals surface area contributed by atoms with Crippen molar-refractivity contribution in [2.75, 3.05) is 6.61 Å². The Hall–Kier alpha value is -3.40. The molecule has 0 atom stereocenters. The van der Waals surface area contributed by atoms with Crippen molar-refractivity contribution in [3.63, 3.8) is 0 Å². The van der Waals surface area contributed by atoms with Crippen LogP contribution in [0.2, 0.25) is 0 Å². The molecule has 0 bridgehead atoms. The fourth-order valence-corrected chi connectivity index (χ4v) is 2.13. The second-order valence-electron chi connectivity index (χ2n) is 5.01. The SMILES string of the molecule is CCOc1cc(C#N)ccc1OCc1nc(-c2ccc(F)cc2)no1. The molecule has 2 aromatic carbocycles. The molecule has 6 nitrogen and oxygen atoms in total. The van der Waals surface area contributed by atoms with Crippen molar-refractivity contribution in [1.82, 2.24) is 10.1 Å². The first-order valence-electron chi connectivity index (χ1n) is 7.58. The first-order valence-corrected chi connectivity index (χ1v) is 7.58. The summed E-state index contributed by atoms with van der Waals surface area (Å²) in [5.74, 6) is 1.23. The topological polar surface area (TPSA) is 81.2 Å². The molecule has 1 aromatic heterocycles. The number of ether oxygens (including phenoxy) is 2. The number of rotatable bonds is 6. The van der Waals surface area contributed by atoms with Gasteiger partial charge < -0.3 is 14.0 Å². The third-order valence-electron chi connectivity index (χ3n) is 3.29. The first kappa shape index (κ1) is 16.5. The maximum absolute atomic E-state index is 13.0. The maximum atomic E-state index is 13.0. The molecule has 0 aliphatic carbocycles. The van der Waals surface area contributed by atoms with Gasteiger partial charge in [-0.3, -0.25) is 0 Å². The van der Waals surface area contributed by atoms with E-state index in [-0.39, 0.29) is 18.3 Å². The third kappa shape index (κ3) is 3.93. The normalized spacial score (nSPS) is 10.3. The highest BCUT2D eigenvalue weighted by atomic mass is 19.1. The lowest BCUT2D eigenvalue weighted by atomic mass is 10.2. The van der Waals surface area contributed by atoms with Gasteiger partial charge in [0.15, 0.2) is 18.1 Å². The third-order valence-corrected chi connectivity index (χ3v) is 3.29. The molecular formula is C18H14FN3O3. The van der Waals surface area contributed by atoms with E-state index in [4.69, 9.17) is 19.3 Å². The quantitative estimate of drug-likeness (QED) is 0.681. The smallest absolute Gasteiger partial charge is 0.264 e. The highest BCUT2D eigenvalue weighted by molar-refractivity contribution is 5.53. The Bertz CT molecular complexity index is 901. The van der Waals surface area contributed by atoms with Crippen molar-refractivity contribution in [2.45, 2.75) is 13.5 Å². The number of benzene rings is 2. The zero-order chi connectivity index (χ0) is 17.6. The summed E-state index contributed by atoms with van der Waals surface area (Å²) in [4.78, 5) is 4.22. The summed E-state index contributed by atoms with van der Waals surface area (Å²) in [6.45, 7) is 2.33. The van der Waals surface area contributed by atoms with E-state index >= 15 is 0 Å². The highest BCUT2D eigenvalue weighted by Crippen LogP contribution is 2.29. The Labute approximate surface area is 143 Å². The van der Waals surface area contributed by atoms with Crippen LogP contribution in [0.25, 0.3) is 11.4 Å². The van der Waals surface area contributed by atoms with Crippen LogP contribution in [0.3, 0.4) is 0 Å². The van der Waals surface area contributed by atoms with E-state index in [1.807, 2.05) is 13.0 Å². The van der Waals surface area contributed by atoms with Gasteiger partial charge in [-0.25, -0.2) is 4.39 Å². The van der Waals surface area contributed by atoms with Crippen LogP contribution in [0, 0.1) is 17.1 Å². The summed E-state index contributed by atoms with van der Waals surface area (Å²) in [6.07, 6.45) is 0. The number of hydrogen-bond acceptors (Lipinski definition) is 6. The van der Waals surface area contributed by atoms with Crippen LogP contribution in [0.4, 0.5) is 4.39 Å². The second kappa shape index (κ2) is 7.45. The molecule has 0 saturated carbocycles. The lowest BCUT2D eigenvalue weighted by Gasteiger charge is -2.10. The molecule has 0 amide bonds. The summed E-state index contributed by atoms with van der Waals surface area (Å²) in [5.41, 5.74) is 1.12. The molecule has 3 aromatic rings. The van der Waals surface area contributed by atoms with E-state index in [1.165, 1.54) is 12.1 Å². The van der Waals surface area contributed by atoms with Crippen LogP contribution >= 0.6 is 0 Å². The number of nitrogens with zero attached hydrogens (tertiary/aromatic N) is 3. The zero-order valence-corrected chi connectivity index (χ0v) is 13.4. The molecule has 0 aliphatic heterocycles. The van der Waals surface area contributed by atoms with Crippen LogP contribution in [0.5, 0.6) is 11.5 Å². The molecule has 0 fully saturated rings. The molecule has 0 saturated heterocycles. The van der Waals surface area contributed by atoms with E-state index in [0.29, 0.717) is 35.1 Å². The maximum Gasteiger partial charge on any atom is 0.264 e. The van der Waals surface area contributed by atoms with Gasteiger partial charge in [0.2, 0.25) is 5.82 Å². The average Bonchev–Trinajstić information content (AvgIpc) is 3.10.